The lowest BCUT2D eigenvalue weighted by Crippen LogP contribution is -2.39. The van der Waals surface area contributed by atoms with Crippen LogP contribution in [0, 0.1) is 0 Å². The molecule has 0 aromatic heterocycles. The fourth-order valence-electron chi connectivity index (χ4n) is 0.910. The highest BCUT2D eigenvalue weighted by Crippen LogP contribution is 2.03. The van der Waals surface area contributed by atoms with Gasteiger partial charge in [0.25, 0.3) is 0 Å². The van der Waals surface area contributed by atoms with Crippen LogP contribution in [0.25, 0.3) is 0 Å². The van der Waals surface area contributed by atoms with E-state index in [1.807, 2.05) is 0 Å². The summed E-state index contributed by atoms with van der Waals surface area (Å²) in [5.41, 5.74) is 5.44. The Hall–Kier alpha value is -0.610. The minimum atomic E-state index is -0.225. The van der Waals surface area contributed by atoms with Crippen LogP contribution in [0.5, 0.6) is 0 Å². The van der Waals surface area contributed by atoms with Crippen molar-refractivity contribution in [3.8, 4) is 0 Å². The van der Waals surface area contributed by atoms with Crippen LogP contribution in [0.15, 0.2) is 0 Å². The van der Waals surface area contributed by atoms with Crippen molar-refractivity contribution in [2.45, 2.75) is 18.5 Å². The minimum absolute atomic E-state index is 0.0626. The molecule has 1 rings (SSSR count). The number of carbonyl (C=O) groups excluding carboxylic acids is 1. The van der Waals surface area contributed by atoms with Crippen molar-refractivity contribution in [1.29, 1.82) is 0 Å². The Morgan fingerprint density at radius 2 is 2.56 bits per heavy atom. The molecule has 0 bridgehead atoms. The lowest BCUT2D eigenvalue weighted by Gasteiger charge is -2.09. The lowest BCUT2D eigenvalue weighted by molar-refractivity contribution is -0.119. The van der Waals surface area contributed by atoms with E-state index in [-0.39, 0.29) is 24.6 Å². The summed E-state index contributed by atoms with van der Waals surface area (Å²) in [6.07, 6.45) is 0.339. The summed E-state index contributed by atoms with van der Waals surface area (Å²) in [5.74, 6) is -0.0680. The number of nitrogens with one attached hydrogen (secondary N) is 1. The predicted octanol–water partition coefficient (Wildman–Crippen LogP) is -1.81. The smallest absolute Gasteiger partial charge is 0.221 e. The Kier molecular flexibility index (Phi) is 1.68. The van der Waals surface area contributed by atoms with Crippen molar-refractivity contribution >= 4 is 5.91 Å². The van der Waals surface area contributed by atoms with Crippen LogP contribution >= 0.6 is 0 Å². The van der Waals surface area contributed by atoms with Gasteiger partial charge in [0.05, 0.1) is 12.6 Å². The number of aliphatic hydroxyl groups is 1. The number of nitrogens with two attached hydrogens (primary N) is 1. The Labute approximate surface area is 53.0 Å². The van der Waals surface area contributed by atoms with Crippen LogP contribution in [0.1, 0.15) is 6.42 Å². The quantitative estimate of drug-likeness (QED) is 0.392. The summed E-state index contributed by atoms with van der Waals surface area (Å²) in [7, 11) is 0. The second-order valence-corrected chi connectivity index (χ2v) is 2.22. The normalized spacial score (nSPS) is 34.7. The van der Waals surface area contributed by atoms with E-state index in [4.69, 9.17) is 10.8 Å². The highest BCUT2D eigenvalue weighted by Gasteiger charge is 2.27. The summed E-state index contributed by atoms with van der Waals surface area (Å²) in [4.78, 5) is 10.5. The van der Waals surface area contributed by atoms with E-state index in [1.165, 1.54) is 0 Å². The third-order valence-corrected chi connectivity index (χ3v) is 1.48. The summed E-state index contributed by atoms with van der Waals surface area (Å²) in [6.45, 7) is -0.0626. The number of rotatable bonds is 1. The van der Waals surface area contributed by atoms with Crippen LogP contribution in [0.4, 0.5) is 0 Å². The summed E-state index contributed by atoms with van der Waals surface area (Å²) in [6, 6.07) is -0.431. The highest BCUT2D eigenvalue weighted by atomic mass is 16.3. The van der Waals surface area contributed by atoms with Gasteiger partial charge in [-0.1, -0.05) is 0 Å². The van der Waals surface area contributed by atoms with Crippen LogP contribution < -0.4 is 11.1 Å². The SMILES string of the molecule is N[C@H]1CC(=O)N[C@@H]1CO. The molecule has 0 aliphatic carbocycles. The largest absolute Gasteiger partial charge is 0.394 e. The molecular formula is C5H10N2O2. The third kappa shape index (κ3) is 1.20. The molecule has 0 spiro atoms. The van der Waals surface area contributed by atoms with Crippen molar-refractivity contribution in [2.75, 3.05) is 6.61 Å². The maximum absolute atomic E-state index is 10.5. The maximum Gasteiger partial charge on any atom is 0.221 e. The molecule has 1 aliphatic heterocycles. The van der Waals surface area contributed by atoms with Crippen molar-refractivity contribution in [2.24, 2.45) is 5.73 Å². The Morgan fingerprint density at radius 1 is 1.89 bits per heavy atom. The predicted molar refractivity (Wildman–Crippen MR) is 31.6 cm³/mol. The molecule has 1 amide bonds. The van der Waals surface area contributed by atoms with Crippen molar-refractivity contribution < 1.29 is 9.90 Å². The Balaban J connectivity index is 2.47. The molecule has 4 heteroatoms. The topological polar surface area (TPSA) is 75.4 Å². The standard InChI is InChI=1S/C5H10N2O2/c6-3-1-5(9)7-4(3)2-8/h3-4,8H,1-2,6H2,(H,7,9)/t3-,4+/m0/s1. The molecule has 0 saturated carbocycles. The van der Waals surface area contributed by atoms with Gasteiger partial charge in [-0.15, -0.1) is 0 Å². The molecule has 0 radical (unpaired) electrons. The number of hydrogen-bond donors (Lipinski definition) is 3. The summed E-state index contributed by atoms with van der Waals surface area (Å²) >= 11 is 0. The summed E-state index contributed by atoms with van der Waals surface area (Å²) in [5, 5.41) is 11.1. The first-order valence-electron chi connectivity index (χ1n) is 2.90. The zero-order chi connectivity index (χ0) is 6.85. The molecule has 2 atom stereocenters. The van der Waals surface area contributed by atoms with E-state index in [2.05, 4.69) is 5.32 Å². The molecule has 1 aliphatic rings. The van der Waals surface area contributed by atoms with Crippen LogP contribution in [-0.2, 0) is 4.79 Å². The van der Waals surface area contributed by atoms with Crippen molar-refractivity contribution in [3.63, 3.8) is 0 Å². The van der Waals surface area contributed by atoms with Gasteiger partial charge < -0.3 is 16.2 Å². The van der Waals surface area contributed by atoms with Gasteiger partial charge in [-0.2, -0.15) is 0 Å². The zero-order valence-corrected chi connectivity index (χ0v) is 5.00. The molecule has 52 valence electrons. The molecule has 0 unspecified atom stereocenters. The zero-order valence-electron chi connectivity index (χ0n) is 5.00. The first-order valence-corrected chi connectivity index (χ1v) is 2.90. The van der Waals surface area contributed by atoms with Gasteiger partial charge in [0.15, 0.2) is 0 Å². The first-order chi connectivity index (χ1) is 4.24. The van der Waals surface area contributed by atoms with Gasteiger partial charge >= 0.3 is 0 Å². The van der Waals surface area contributed by atoms with E-state index in [0.29, 0.717) is 6.42 Å². The fourth-order valence-corrected chi connectivity index (χ4v) is 0.910. The van der Waals surface area contributed by atoms with Gasteiger partial charge in [0, 0.05) is 12.5 Å². The van der Waals surface area contributed by atoms with E-state index >= 15 is 0 Å². The van der Waals surface area contributed by atoms with Crippen molar-refractivity contribution in [1.82, 2.24) is 5.32 Å². The Morgan fingerprint density at radius 3 is 2.78 bits per heavy atom. The van der Waals surface area contributed by atoms with Gasteiger partial charge in [-0.25, -0.2) is 0 Å². The van der Waals surface area contributed by atoms with E-state index < -0.39 is 0 Å². The van der Waals surface area contributed by atoms with Gasteiger partial charge in [-0.3, -0.25) is 4.79 Å². The second-order valence-electron chi connectivity index (χ2n) is 2.22. The molecular weight excluding hydrogens is 120 g/mol. The molecule has 1 fully saturated rings. The molecule has 0 aromatic rings. The van der Waals surface area contributed by atoms with E-state index in [9.17, 15) is 4.79 Å². The highest BCUT2D eigenvalue weighted by molar-refractivity contribution is 5.79. The van der Waals surface area contributed by atoms with E-state index in [1.54, 1.807) is 0 Å². The molecule has 4 N–H and O–H groups in total. The lowest BCUT2D eigenvalue weighted by atomic mass is 10.1. The maximum atomic E-state index is 10.5. The van der Waals surface area contributed by atoms with Gasteiger partial charge in [0.1, 0.15) is 0 Å². The van der Waals surface area contributed by atoms with Crippen LogP contribution in [0.3, 0.4) is 0 Å². The van der Waals surface area contributed by atoms with Gasteiger partial charge in [0.2, 0.25) is 5.91 Å². The number of aliphatic hydroxyl groups excluding tert-OH is 1. The first kappa shape index (κ1) is 6.51. The summed E-state index contributed by atoms with van der Waals surface area (Å²) < 4.78 is 0. The van der Waals surface area contributed by atoms with E-state index in [0.717, 1.165) is 0 Å². The minimum Gasteiger partial charge on any atom is -0.394 e. The average molecular weight is 130 g/mol. The molecule has 1 heterocycles. The third-order valence-electron chi connectivity index (χ3n) is 1.48. The fraction of sp³-hybridized carbons (Fsp3) is 0.800. The monoisotopic (exact) mass is 130 g/mol. The van der Waals surface area contributed by atoms with Crippen LogP contribution in [-0.4, -0.2) is 29.7 Å². The molecule has 4 nitrogen and oxygen atoms in total. The number of carbonyl (C=O) groups is 1. The van der Waals surface area contributed by atoms with Gasteiger partial charge in [-0.05, 0) is 0 Å². The Bertz CT molecular complexity index is 126. The number of hydrogen-bond acceptors (Lipinski definition) is 3. The average Bonchev–Trinajstić information content (AvgIpc) is 2.10. The molecule has 0 aromatic carbocycles. The van der Waals surface area contributed by atoms with Crippen LogP contribution in [0.2, 0.25) is 0 Å². The molecule has 9 heavy (non-hydrogen) atoms. The van der Waals surface area contributed by atoms with Crippen molar-refractivity contribution in [3.05, 3.63) is 0 Å². The number of amides is 1. The second kappa shape index (κ2) is 2.33. The molecule has 1 saturated heterocycles.